The van der Waals surface area contributed by atoms with E-state index in [9.17, 15) is 9.59 Å². The van der Waals surface area contributed by atoms with E-state index in [1.54, 1.807) is 6.92 Å². The number of benzene rings is 1. The van der Waals surface area contributed by atoms with E-state index < -0.39 is 6.04 Å². The zero-order chi connectivity index (χ0) is 16.9. The number of carbonyl (C=O) groups is 2. The Morgan fingerprint density at radius 1 is 1.08 bits per heavy atom. The van der Waals surface area contributed by atoms with Crippen molar-refractivity contribution in [1.29, 1.82) is 0 Å². The lowest BCUT2D eigenvalue weighted by molar-refractivity contribution is -0.145. The number of rotatable bonds is 3. The smallest absolute Gasteiger partial charge is 0.338 e. The lowest BCUT2D eigenvalue weighted by Gasteiger charge is -2.29. The number of allylic oxidation sites excluding steroid dienone is 1. The Kier molecular flexibility index (Phi) is 5.18. The Hall–Kier alpha value is -2.30. The standard InChI is InChI=1S/C19H24N2O3/c1-13-16(18(22)24-15-11-7-2-3-8-12-15)17(21-19(23)20-13)14-9-5-4-6-10-14/h4-6,9-10,15,17H,2-3,7-8,11-12H2,1H3,(H2,20,21,23). The predicted octanol–water partition coefficient (Wildman–Crippen LogP) is 3.58. The van der Waals surface area contributed by atoms with Crippen LogP contribution in [0.4, 0.5) is 4.79 Å². The molecule has 1 aromatic carbocycles. The molecular weight excluding hydrogens is 304 g/mol. The van der Waals surface area contributed by atoms with Gasteiger partial charge >= 0.3 is 12.0 Å². The van der Waals surface area contributed by atoms with Crippen LogP contribution in [-0.4, -0.2) is 18.1 Å². The molecule has 2 aliphatic rings. The summed E-state index contributed by atoms with van der Waals surface area (Å²) in [6.45, 7) is 1.75. The Balaban J connectivity index is 1.82. The fourth-order valence-corrected chi connectivity index (χ4v) is 3.43. The molecule has 0 bridgehead atoms. The van der Waals surface area contributed by atoms with Gasteiger partial charge in [-0.25, -0.2) is 9.59 Å². The number of amides is 2. The van der Waals surface area contributed by atoms with Crippen molar-refractivity contribution in [3.8, 4) is 0 Å². The lowest BCUT2D eigenvalue weighted by atomic mass is 9.95. The predicted molar refractivity (Wildman–Crippen MR) is 91.1 cm³/mol. The number of hydrogen-bond acceptors (Lipinski definition) is 3. The van der Waals surface area contributed by atoms with E-state index in [1.165, 1.54) is 12.8 Å². The van der Waals surface area contributed by atoms with E-state index >= 15 is 0 Å². The molecule has 0 aromatic heterocycles. The molecule has 2 amide bonds. The van der Waals surface area contributed by atoms with Crippen LogP contribution in [0, 0.1) is 0 Å². The molecule has 0 spiro atoms. The maximum Gasteiger partial charge on any atom is 0.338 e. The van der Waals surface area contributed by atoms with Crippen LogP contribution in [0.2, 0.25) is 0 Å². The van der Waals surface area contributed by atoms with E-state index in [0.29, 0.717) is 11.3 Å². The van der Waals surface area contributed by atoms with E-state index in [0.717, 1.165) is 31.2 Å². The second-order valence-corrected chi connectivity index (χ2v) is 6.50. The average molecular weight is 328 g/mol. The molecule has 0 radical (unpaired) electrons. The highest BCUT2D eigenvalue weighted by Gasteiger charge is 2.33. The number of carbonyl (C=O) groups excluding carboxylic acids is 2. The topological polar surface area (TPSA) is 67.4 Å². The minimum atomic E-state index is -0.474. The van der Waals surface area contributed by atoms with Gasteiger partial charge in [0.2, 0.25) is 0 Å². The molecule has 5 heteroatoms. The first-order chi connectivity index (χ1) is 11.6. The molecule has 1 aliphatic carbocycles. The molecular formula is C19H24N2O3. The van der Waals surface area contributed by atoms with Crippen molar-refractivity contribution in [3.05, 3.63) is 47.2 Å². The van der Waals surface area contributed by atoms with Gasteiger partial charge in [-0.05, 0) is 38.2 Å². The third-order valence-corrected chi connectivity index (χ3v) is 4.70. The first-order valence-electron chi connectivity index (χ1n) is 8.69. The molecule has 1 atom stereocenters. The fraction of sp³-hybridized carbons (Fsp3) is 0.474. The molecule has 1 saturated carbocycles. The van der Waals surface area contributed by atoms with Crippen molar-refractivity contribution in [2.45, 2.75) is 57.6 Å². The van der Waals surface area contributed by atoms with Crippen molar-refractivity contribution in [2.75, 3.05) is 0 Å². The van der Waals surface area contributed by atoms with Crippen LogP contribution in [-0.2, 0) is 9.53 Å². The minimum absolute atomic E-state index is 0.0191. The zero-order valence-corrected chi connectivity index (χ0v) is 14.0. The molecule has 2 N–H and O–H groups in total. The fourth-order valence-electron chi connectivity index (χ4n) is 3.43. The van der Waals surface area contributed by atoms with E-state index in [-0.39, 0.29) is 18.1 Å². The molecule has 1 aliphatic heterocycles. The van der Waals surface area contributed by atoms with Crippen molar-refractivity contribution in [3.63, 3.8) is 0 Å². The minimum Gasteiger partial charge on any atom is -0.459 e. The summed E-state index contributed by atoms with van der Waals surface area (Å²) in [6.07, 6.45) is 6.46. The largest absolute Gasteiger partial charge is 0.459 e. The summed E-state index contributed by atoms with van der Waals surface area (Å²) >= 11 is 0. The van der Waals surface area contributed by atoms with Gasteiger partial charge in [-0.15, -0.1) is 0 Å². The quantitative estimate of drug-likeness (QED) is 0.658. The van der Waals surface area contributed by atoms with Gasteiger partial charge in [-0.3, -0.25) is 0 Å². The maximum atomic E-state index is 12.8. The van der Waals surface area contributed by atoms with Gasteiger partial charge in [0, 0.05) is 5.70 Å². The molecule has 24 heavy (non-hydrogen) atoms. The number of nitrogens with one attached hydrogen (secondary N) is 2. The summed E-state index contributed by atoms with van der Waals surface area (Å²) in [5.41, 5.74) is 1.93. The van der Waals surface area contributed by atoms with Gasteiger partial charge in [-0.2, -0.15) is 0 Å². The number of ether oxygens (including phenoxy) is 1. The van der Waals surface area contributed by atoms with Gasteiger partial charge in [-0.1, -0.05) is 43.2 Å². The van der Waals surface area contributed by atoms with Gasteiger partial charge < -0.3 is 15.4 Å². The van der Waals surface area contributed by atoms with Crippen molar-refractivity contribution < 1.29 is 14.3 Å². The second-order valence-electron chi connectivity index (χ2n) is 6.50. The van der Waals surface area contributed by atoms with Crippen LogP contribution >= 0.6 is 0 Å². The monoisotopic (exact) mass is 328 g/mol. The molecule has 1 unspecified atom stereocenters. The SMILES string of the molecule is CC1=C(C(=O)OC2CCCCCC2)C(c2ccccc2)NC(=O)N1. The Labute approximate surface area is 142 Å². The molecule has 1 heterocycles. The zero-order valence-electron chi connectivity index (χ0n) is 14.0. The molecule has 5 nitrogen and oxygen atoms in total. The Bertz CT molecular complexity index is 631. The second kappa shape index (κ2) is 7.51. The number of esters is 1. The highest BCUT2D eigenvalue weighted by Crippen LogP contribution is 2.29. The average Bonchev–Trinajstić information content (AvgIpc) is 2.83. The lowest BCUT2D eigenvalue weighted by Crippen LogP contribution is -2.45. The molecule has 0 saturated heterocycles. The van der Waals surface area contributed by atoms with Gasteiger partial charge in [0.25, 0.3) is 0 Å². The van der Waals surface area contributed by atoms with Gasteiger partial charge in [0.15, 0.2) is 0 Å². The highest BCUT2D eigenvalue weighted by molar-refractivity contribution is 5.95. The summed E-state index contributed by atoms with van der Waals surface area (Å²) in [7, 11) is 0. The Morgan fingerprint density at radius 2 is 1.75 bits per heavy atom. The van der Waals surface area contributed by atoms with Crippen LogP contribution in [0.3, 0.4) is 0 Å². The molecule has 1 fully saturated rings. The van der Waals surface area contributed by atoms with Crippen LogP contribution in [0.25, 0.3) is 0 Å². The molecule has 3 rings (SSSR count). The van der Waals surface area contributed by atoms with E-state index in [4.69, 9.17) is 4.74 Å². The van der Waals surface area contributed by atoms with Crippen LogP contribution < -0.4 is 10.6 Å². The van der Waals surface area contributed by atoms with Crippen LogP contribution in [0.15, 0.2) is 41.6 Å². The summed E-state index contributed by atoms with van der Waals surface area (Å²) in [6, 6.07) is 8.74. The van der Waals surface area contributed by atoms with Crippen molar-refractivity contribution in [2.24, 2.45) is 0 Å². The summed E-state index contributed by atoms with van der Waals surface area (Å²) < 4.78 is 5.78. The van der Waals surface area contributed by atoms with Gasteiger partial charge in [0.1, 0.15) is 6.10 Å². The molecule has 1 aromatic rings. The third-order valence-electron chi connectivity index (χ3n) is 4.70. The van der Waals surface area contributed by atoms with Crippen molar-refractivity contribution in [1.82, 2.24) is 10.6 Å². The first-order valence-corrected chi connectivity index (χ1v) is 8.69. The summed E-state index contributed by atoms with van der Waals surface area (Å²) in [4.78, 5) is 24.7. The normalized spacial score (nSPS) is 22.4. The summed E-state index contributed by atoms with van der Waals surface area (Å²) in [5.74, 6) is -0.333. The third kappa shape index (κ3) is 3.78. The van der Waals surface area contributed by atoms with Crippen LogP contribution in [0.5, 0.6) is 0 Å². The first kappa shape index (κ1) is 16.6. The maximum absolute atomic E-state index is 12.8. The van der Waals surface area contributed by atoms with Gasteiger partial charge in [0.05, 0.1) is 11.6 Å². The van der Waals surface area contributed by atoms with E-state index in [2.05, 4.69) is 10.6 Å². The number of hydrogen-bond donors (Lipinski definition) is 2. The highest BCUT2D eigenvalue weighted by atomic mass is 16.5. The molecule has 128 valence electrons. The van der Waals surface area contributed by atoms with E-state index in [1.807, 2.05) is 30.3 Å². The summed E-state index contributed by atoms with van der Waals surface area (Å²) in [5, 5.41) is 5.52. The number of urea groups is 1. The van der Waals surface area contributed by atoms with Crippen molar-refractivity contribution >= 4 is 12.0 Å². The Morgan fingerprint density at radius 3 is 2.42 bits per heavy atom. The van der Waals surface area contributed by atoms with Crippen LogP contribution in [0.1, 0.15) is 57.1 Å².